The summed E-state index contributed by atoms with van der Waals surface area (Å²) in [5, 5.41) is 3.17. The Bertz CT molecular complexity index is 193. The maximum absolute atomic E-state index is 11.1. The van der Waals surface area contributed by atoms with E-state index < -0.39 is 11.7 Å². The summed E-state index contributed by atoms with van der Waals surface area (Å²) in [4.78, 5) is 12.6. The Morgan fingerprint density at radius 2 is 2.38 bits per heavy atom. The fourth-order valence-corrected chi connectivity index (χ4v) is 1.80. The highest BCUT2D eigenvalue weighted by atomic mass is 16.2. The molecule has 0 aliphatic carbocycles. The van der Waals surface area contributed by atoms with E-state index >= 15 is 0 Å². The molecule has 5 nitrogen and oxygen atoms in total. The predicted octanol–water partition coefficient (Wildman–Crippen LogP) is -0.575. The lowest BCUT2D eigenvalue weighted by molar-refractivity contribution is 0.0897. The van der Waals surface area contributed by atoms with E-state index in [9.17, 15) is 4.79 Å². The number of nitrogens with two attached hydrogens (primary N) is 2. The zero-order chi connectivity index (χ0) is 9.90. The van der Waals surface area contributed by atoms with Crippen molar-refractivity contribution in [3.05, 3.63) is 0 Å². The summed E-state index contributed by atoms with van der Waals surface area (Å²) in [6.07, 6.45) is 1.73. The van der Waals surface area contributed by atoms with Crippen LogP contribution in [0.3, 0.4) is 0 Å². The van der Waals surface area contributed by atoms with Crippen molar-refractivity contribution in [3.63, 3.8) is 0 Å². The van der Waals surface area contributed by atoms with Crippen molar-refractivity contribution in [2.45, 2.75) is 25.4 Å². The SMILES string of the molecule is CCCC1(N)CNCCN1C(N)=O. The first-order chi connectivity index (χ1) is 6.10. The van der Waals surface area contributed by atoms with Crippen LogP contribution in [0.25, 0.3) is 0 Å². The van der Waals surface area contributed by atoms with Crippen molar-refractivity contribution in [3.8, 4) is 0 Å². The van der Waals surface area contributed by atoms with Gasteiger partial charge in [-0.15, -0.1) is 0 Å². The predicted molar refractivity (Wildman–Crippen MR) is 51.0 cm³/mol. The zero-order valence-corrected chi connectivity index (χ0v) is 8.05. The molecule has 1 saturated heterocycles. The number of rotatable bonds is 2. The monoisotopic (exact) mass is 186 g/mol. The number of carbonyl (C=O) groups excluding carboxylic acids is 1. The molecule has 0 bridgehead atoms. The van der Waals surface area contributed by atoms with Crippen LogP contribution in [0.4, 0.5) is 4.79 Å². The Balaban J connectivity index is 2.70. The normalized spacial score (nSPS) is 28.9. The van der Waals surface area contributed by atoms with Gasteiger partial charge in [0.05, 0.1) is 0 Å². The first kappa shape index (κ1) is 10.3. The van der Waals surface area contributed by atoms with Crippen molar-refractivity contribution in [1.29, 1.82) is 0 Å². The average molecular weight is 186 g/mol. The maximum atomic E-state index is 11.1. The molecule has 0 aromatic rings. The summed E-state index contributed by atoms with van der Waals surface area (Å²) in [6.45, 7) is 4.05. The summed E-state index contributed by atoms with van der Waals surface area (Å²) in [5.41, 5.74) is 10.7. The molecule has 1 unspecified atom stereocenters. The van der Waals surface area contributed by atoms with E-state index in [2.05, 4.69) is 5.32 Å². The summed E-state index contributed by atoms with van der Waals surface area (Å²) >= 11 is 0. The smallest absolute Gasteiger partial charge is 0.316 e. The van der Waals surface area contributed by atoms with Gasteiger partial charge in [0.15, 0.2) is 0 Å². The summed E-state index contributed by atoms with van der Waals surface area (Å²) in [6, 6.07) is -0.419. The van der Waals surface area contributed by atoms with E-state index in [-0.39, 0.29) is 0 Å². The van der Waals surface area contributed by atoms with Crippen LogP contribution < -0.4 is 16.8 Å². The molecule has 0 spiro atoms. The fourth-order valence-electron chi connectivity index (χ4n) is 1.80. The van der Waals surface area contributed by atoms with E-state index in [0.717, 1.165) is 19.4 Å². The summed E-state index contributed by atoms with van der Waals surface area (Å²) in [7, 11) is 0. The van der Waals surface area contributed by atoms with Gasteiger partial charge >= 0.3 is 6.03 Å². The van der Waals surface area contributed by atoms with Crippen LogP contribution in [0, 0.1) is 0 Å². The largest absolute Gasteiger partial charge is 0.351 e. The molecule has 0 aromatic carbocycles. The first-order valence-electron chi connectivity index (χ1n) is 4.67. The van der Waals surface area contributed by atoms with Crippen LogP contribution in [-0.4, -0.2) is 36.2 Å². The molecular weight excluding hydrogens is 168 g/mol. The number of piperazine rings is 1. The topological polar surface area (TPSA) is 84.4 Å². The molecule has 5 N–H and O–H groups in total. The van der Waals surface area contributed by atoms with Gasteiger partial charge in [-0.25, -0.2) is 4.79 Å². The first-order valence-corrected chi connectivity index (χ1v) is 4.67. The lowest BCUT2D eigenvalue weighted by Gasteiger charge is -2.43. The van der Waals surface area contributed by atoms with Crippen LogP contribution in [0.1, 0.15) is 19.8 Å². The number of nitrogens with one attached hydrogen (secondary N) is 1. The highest BCUT2D eigenvalue weighted by molar-refractivity contribution is 5.73. The minimum atomic E-state index is -0.584. The van der Waals surface area contributed by atoms with Gasteiger partial charge in [-0.1, -0.05) is 13.3 Å². The van der Waals surface area contributed by atoms with Crippen LogP contribution in [0.15, 0.2) is 0 Å². The number of nitrogens with zero attached hydrogens (tertiary/aromatic N) is 1. The molecular formula is C8H18N4O. The van der Waals surface area contributed by atoms with Crippen molar-refractivity contribution in [1.82, 2.24) is 10.2 Å². The van der Waals surface area contributed by atoms with Crippen LogP contribution in [-0.2, 0) is 0 Å². The van der Waals surface area contributed by atoms with Gasteiger partial charge in [0.1, 0.15) is 5.66 Å². The van der Waals surface area contributed by atoms with Gasteiger partial charge in [0.2, 0.25) is 0 Å². The average Bonchev–Trinajstić information content (AvgIpc) is 2.04. The van der Waals surface area contributed by atoms with Crippen LogP contribution in [0.2, 0.25) is 0 Å². The molecule has 13 heavy (non-hydrogen) atoms. The number of hydrogen-bond acceptors (Lipinski definition) is 3. The van der Waals surface area contributed by atoms with Gasteiger partial charge in [-0.3, -0.25) is 0 Å². The molecule has 5 heteroatoms. The minimum Gasteiger partial charge on any atom is -0.351 e. The van der Waals surface area contributed by atoms with E-state index in [1.54, 1.807) is 4.90 Å². The number of carbonyl (C=O) groups is 1. The van der Waals surface area contributed by atoms with Gasteiger partial charge < -0.3 is 21.7 Å². The molecule has 76 valence electrons. The van der Waals surface area contributed by atoms with Crippen LogP contribution >= 0.6 is 0 Å². The standard InChI is InChI=1S/C8H18N4O/c1-2-3-8(10)6-11-4-5-12(8)7(9)13/h11H,2-6,10H2,1H3,(H2,9,13). The second-order valence-corrected chi connectivity index (χ2v) is 3.52. The van der Waals surface area contributed by atoms with Crippen molar-refractivity contribution in [2.75, 3.05) is 19.6 Å². The van der Waals surface area contributed by atoms with E-state index in [1.165, 1.54) is 0 Å². The molecule has 1 heterocycles. The van der Waals surface area contributed by atoms with E-state index in [4.69, 9.17) is 11.5 Å². The molecule has 1 aliphatic rings. The molecule has 0 aromatic heterocycles. The highest BCUT2D eigenvalue weighted by Crippen LogP contribution is 2.16. The molecule has 1 atom stereocenters. The molecule has 1 aliphatic heterocycles. The lowest BCUT2D eigenvalue weighted by Crippen LogP contribution is -2.69. The Kier molecular flexibility index (Phi) is 3.11. The minimum absolute atomic E-state index is 0.419. The highest BCUT2D eigenvalue weighted by Gasteiger charge is 2.36. The number of amides is 2. The van der Waals surface area contributed by atoms with E-state index in [1.807, 2.05) is 6.92 Å². The van der Waals surface area contributed by atoms with Gasteiger partial charge in [-0.2, -0.15) is 0 Å². The van der Waals surface area contributed by atoms with E-state index in [0.29, 0.717) is 13.1 Å². The molecule has 2 amide bonds. The number of urea groups is 1. The van der Waals surface area contributed by atoms with Gasteiger partial charge in [0, 0.05) is 19.6 Å². The Morgan fingerprint density at radius 3 is 2.92 bits per heavy atom. The Morgan fingerprint density at radius 1 is 1.69 bits per heavy atom. The summed E-state index contributed by atoms with van der Waals surface area (Å²) in [5.74, 6) is 0. The lowest BCUT2D eigenvalue weighted by atomic mass is 10.0. The Hall–Kier alpha value is -0.810. The zero-order valence-electron chi connectivity index (χ0n) is 8.05. The van der Waals surface area contributed by atoms with Crippen molar-refractivity contribution in [2.24, 2.45) is 11.5 Å². The second kappa shape index (κ2) is 3.93. The third kappa shape index (κ3) is 2.10. The molecule has 1 rings (SSSR count). The third-order valence-corrected chi connectivity index (χ3v) is 2.43. The second-order valence-electron chi connectivity index (χ2n) is 3.52. The number of primary amides is 1. The molecule has 0 saturated carbocycles. The Labute approximate surface area is 78.4 Å². The van der Waals surface area contributed by atoms with Crippen LogP contribution in [0.5, 0.6) is 0 Å². The fraction of sp³-hybridized carbons (Fsp3) is 0.875. The summed E-state index contributed by atoms with van der Waals surface area (Å²) < 4.78 is 0. The van der Waals surface area contributed by atoms with Crippen molar-refractivity contribution >= 4 is 6.03 Å². The molecule has 0 radical (unpaired) electrons. The maximum Gasteiger partial charge on any atom is 0.316 e. The number of hydrogen-bond donors (Lipinski definition) is 3. The molecule has 1 fully saturated rings. The quantitative estimate of drug-likeness (QED) is 0.539. The van der Waals surface area contributed by atoms with Gasteiger partial charge in [-0.05, 0) is 6.42 Å². The van der Waals surface area contributed by atoms with Gasteiger partial charge in [0.25, 0.3) is 0 Å². The third-order valence-electron chi connectivity index (χ3n) is 2.43. The van der Waals surface area contributed by atoms with Crippen molar-refractivity contribution < 1.29 is 4.79 Å².